The molecule has 0 saturated heterocycles. The smallest absolute Gasteiger partial charge is 0.256 e. The van der Waals surface area contributed by atoms with E-state index in [4.69, 9.17) is 4.74 Å². The number of anilines is 1. The number of rotatable bonds is 5. The Balaban J connectivity index is 2.64. The minimum atomic E-state index is -0.914. The van der Waals surface area contributed by atoms with Crippen molar-refractivity contribution in [1.82, 2.24) is 15.1 Å². The van der Waals surface area contributed by atoms with Crippen LogP contribution in [0.4, 0.5) is 5.69 Å². The van der Waals surface area contributed by atoms with Crippen LogP contribution in [0.5, 0.6) is 0 Å². The second-order valence-corrected chi connectivity index (χ2v) is 4.27. The first-order valence-electron chi connectivity index (χ1n) is 5.48. The third-order valence-electron chi connectivity index (χ3n) is 2.53. The molecular weight excluding hydrogens is 236 g/mol. The number of methoxy groups -OCH3 is 1. The number of nitrogens with zero attached hydrogens (tertiary/aromatic N) is 2. The fourth-order valence-electron chi connectivity index (χ4n) is 1.12. The lowest BCUT2D eigenvalue weighted by atomic mass is 10.1. The maximum atomic E-state index is 11.8. The van der Waals surface area contributed by atoms with Crippen LogP contribution in [-0.2, 0) is 20.9 Å². The van der Waals surface area contributed by atoms with Crippen molar-refractivity contribution in [1.29, 1.82) is 0 Å². The molecule has 0 aromatic carbocycles. The highest BCUT2D eigenvalue weighted by molar-refractivity contribution is 5.96. The van der Waals surface area contributed by atoms with Crippen molar-refractivity contribution in [2.24, 2.45) is 0 Å². The number of amides is 2. The van der Waals surface area contributed by atoms with E-state index in [0.717, 1.165) is 0 Å². The number of carbonyl (C=O) groups excluding carboxylic acids is 2. The van der Waals surface area contributed by atoms with E-state index in [-0.39, 0.29) is 18.4 Å². The number of aromatic nitrogens is 2. The molecule has 0 saturated carbocycles. The molecule has 0 radical (unpaired) electrons. The first-order valence-corrected chi connectivity index (χ1v) is 5.48. The lowest BCUT2D eigenvalue weighted by Crippen LogP contribution is -2.38. The number of hydrogen-bond donors (Lipinski definition) is 2. The fraction of sp³-hybridized carbons (Fsp3) is 0.545. The molecule has 100 valence electrons. The number of hydrogen-bond acceptors (Lipinski definition) is 4. The number of likely N-dealkylation sites (N-methyl/N-ethyl adjacent to an activating group) is 1. The summed E-state index contributed by atoms with van der Waals surface area (Å²) < 4.78 is 6.50. The second-order valence-electron chi connectivity index (χ2n) is 4.27. The summed E-state index contributed by atoms with van der Waals surface area (Å²) >= 11 is 0. The van der Waals surface area contributed by atoms with Crippen LogP contribution in [0.3, 0.4) is 0 Å². The third kappa shape index (κ3) is 3.56. The minimum Gasteiger partial charge on any atom is -0.369 e. The van der Waals surface area contributed by atoms with Crippen LogP contribution in [0, 0.1) is 0 Å². The summed E-state index contributed by atoms with van der Waals surface area (Å²) in [6.45, 7) is 3.44. The average molecular weight is 254 g/mol. The minimum absolute atomic E-state index is 0.111. The molecule has 1 rings (SSSR count). The standard InChI is InChI=1S/C11H18N4O3/c1-11(2,18-4)10(17)14-8-5-13-15(6-8)7-9(16)12-3/h5-6H,7H2,1-4H3,(H,12,16)(H,14,17). The lowest BCUT2D eigenvalue weighted by Gasteiger charge is -2.20. The van der Waals surface area contributed by atoms with Gasteiger partial charge in [0.05, 0.1) is 11.9 Å². The van der Waals surface area contributed by atoms with Crippen LogP contribution in [0.25, 0.3) is 0 Å². The van der Waals surface area contributed by atoms with Crippen molar-refractivity contribution in [3.63, 3.8) is 0 Å². The number of carbonyl (C=O) groups is 2. The van der Waals surface area contributed by atoms with Crippen molar-refractivity contribution < 1.29 is 14.3 Å². The van der Waals surface area contributed by atoms with Crippen molar-refractivity contribution in [2.45, 2.75) is 26.0 Å². The first-order chi connectivity index (χ1) is 8.39. The van der Waals surface area contributed by atoms with Gasteiger partial charge in [-0.3, -0.25) is 14.3 Å². The van der Waals surface area contributed by atoms with Gasteiger partial charge in [-0.15, -0.1) is 0 Å². The summed E-state index contributed by atoms with van der Waals surface area (Å²) in [7, 11) is 3.02. The Bertz CT molecular complexity index is 439. The zero-order valence-corrected chi connectivity index (χ0v) is 11.0. The van der Waals surface area contributed by atoms with E-state index >= 15 is 0 Å². The zero-order valence-electron chi connectivity index (χ0n) is 11.0. The molecule has 1 aromatic rings. The first kappa shape index (κ1) is 14.2. The molecule has 0 unspecified atom stereocenters. The van der Waals surface area contributed by atoms with Crippen LogP contribution < -0.4 is 10.6 Å². The molecule has 0 aliphatic rings. The molecule has 0 fully saturated rings. The predicted octanol–water partition coefficient (Wildman–Crippen LogP) is -0.00740. The molecule has 18 heavy (non-hydrogen) atoms. The molecule has 0 aliphatic heterocycles. The third-order valence-corrected chi connectivity index (χ3v) is 2.53. The largest absolute Gasteiger partial charge is 0.369 e. The van der Waals surface area contributed by atoms with Crippen molar-refractivity contribution in [3.05, 3.63) is 12.4 Å². The maximum absolute atomic E-state index is 11.8. The summed E-state index contributed by atoms with van der Waals surface area (Å²) in [6.07, 6.45) is 3.06. The van der Waals surface area contributed by atoms with E-state index in [1.807, 2.05) is 0 Å². The SMILES string of the molecule is CNC(=O)Cn1cc(NC(=O)C(C)(C)OC)cn1. The van der Waals surface area contributed by atoms with Crippen molar-refractivity contribution >= 4 is 17.5 Å². The number of ether oxygens (including phenoxy) is 1. The average Bonchev–Trinajstić information content (AvgIpc) is 2.76. The van der Waals surface area contributed by atoms with E-state index in [1.54, 1.807) is 27.1 Å². The van der Waals surface area contributed by atoms with Gasteiger partial charge in [0.25, 0.3) is 5.91 Å². The van der Waals surface area contributed by atoms with Gasteiger partial charge in [-0.1, -0.05) is 0 Å². The maximum Gasteiger partial charge on any atom is 0.256 e. The summed E-state index contributed by atoms with van der Waals surface area (Å²) in [5.74, 6) is -0.433. The van der Waals surface area contributed by atoms with E-state index in [1.165, 1.54) is 18.0 Å². The highest BCUT2D eigenvalue weighted by Gasteiger charge is 2.27. The highest BCUT2D eigenvalue weighted by Crippen LogP contribution is 2.12. The zero-order chi connectivity index (χ0) is 13.8. The van der Waals surface area contributed by atoms with Gasteiger partial charge in [0.2, 0.25) is 5.91 Å². The monoisotopic (exact) mass is 254 g/mol. The molecule has 2 amide bonds. The normalized spacial score (nSPS) is 11.1. The number of nitrogens with one attached hydrogen (secondary N) is 2. The summed E-state index contributed by atoms with van der Waals surface area (Å²) in [6, 6.07) is 0. The van der Waals surface area contributed by atoms with Crippen LogP contribution in [0.15, 0.2) is 12.4 Å². The molecule has 7 heteroatoms. The lowest BCUT2D eigenvalue weighted by molar-refractivity contribution is -0.133. The second kappa shape index (κ2) is 5.63. The van der Waals surface area contributed by atoms with Gasteiger partial charge in [-0.05, 0) is 13.8 Å². The van der Waals surface area contributed by atoms with E-state index in [2.05, 4.69) is 15.7 Å². The quantitative estimate of drug-likeness (QED) is 0.774. The molecule has 0 spiro atoms. The Hall–Kier alpha value is -1.89. The van der Waals surface area contributed by atoms with Crippen molar-refractivity contribution in [3.8, 4) is 0 Å². The fourth-order valence-corrected chi connectivity index (χ4v) is 1.12. The van der Waals surface area contributed by atoms with E-state index in [9.17, 15) is 9.59 Å². The van der Waals surface area contributed by atoms with Gasteiger partial charge in [0.1, 0.15) is 12.1 Å². The summed E-state index contributed by atoms with van der Waals surface area (Å²) in [5.41, 5.74) is -0.392. The Labute approximate surface area is 105 Å². The van der Waals surface area contributed by atoms with Crippen LogP contribution in [0.1, 0.15) is 13.8 Å². The Morgan fingerprint density at radius 1 is 1.50 bits per heavy atom. The van der Waals surface area contributed by atoms with Crippen LogP contribution in [-0.4, -0.2) is 41.4 Å². The molecule has 2 N–H and O–H groups in total. The predicted molar refractivity (Wildman–Crippen MR) is 66.0 cm³/mol. The van der Waals surface area contributed by atoms with E-state index < -0.39 is 5.60 Å². The molecule has 0 atom stereocenters. The highest BCUT2D eigenvalue weighted by atomic mass is 16.5. The molecule has 1 aromatic heterocycles. The summed E-state index contributed by atoms with van der Waals surface area (Å²) in [4.78, 5) is 22.9. The Morgan fingerprint density at radius 2 is 2.17 bits per heavy atom. The van der Waals surface area contributed by atoms with Crippen LogP contribution >= 0.6 is 0 Å². The van der Waals surface area contributed by atoms with Gasteiger partial charge >= 0.3 is 0 Å². The molecular formula is C11H18N4O3. The summed E-state index contributed by atoms with van der Waals surface area (Å²) in [5, 5.41) is 9.12. The van der Waals surface area contributed by atoms with E-state index in [0.29, 0.717) is 5.69 Å². The van der Waals surface area contributed by atoms with Gasteiger partial charge in [0, 0.05) is 20.4 Å². The van der Waals surface area contributed by atoms with Gasteiger partial charge in [-0.2, -0.15) is 5.10 Å². The van der Waals surface area contributed by atoms with Gasteiger partial charge in [0.15, 0.2) is 0 Å². The van der Waals surface area contributed by atoms with Gasteiger partial charge < -0.3 is 15.4 Å². The Kier molecular flexibility index (Phi) is 4.43. The molecule has 0 aliphatic carbocycles. The molecule has 7 nitrogen and oxygen atoms in total. The van der Waals surface area contributed by atoms with Crippen molar-refractivity contribution in [2.75, 3.05) is 19.5 Å². The Morgan fingerprint density at radius 3 is 2.72 bits per heavy atom. The topological polar surface area (TPSA) is 85.2 Å². The van der Waals surface area contributed by atoms with Gasteiger partial charge in [-0.25, -0.2) is 0 Å². The van der Waals surface area contributed by atoms with Crippen LogP contribution in [0.2, 0.25) is 0 Å². The molecule has 1 heterocycles. The molecule has 0 bridgehead atoms.